The molecule has 0 spiro atoms. The molecule has 0 aliphatic carbocycles. The molecule has 2 rings (SSSR count). The molecule has 0 radical (unpaired) electrons. The Morgan fingerprint density at radius 2 is 2.00 bits per heavy atom. The first-order valence-corrected chi connectivity index (χ1v) is 6.26. The van der Waals surface area contributed by atoms with Gasteiger partial charge in [0.1, 0.15) is 0 Å². The molecule has 0 saturated heterocycles. The van der Waals surface area contributed by atoms with Crippen molar-refractivity contribution in [3.63, 3.8) is 0 Å². The van der Waals surface area contributed by atoms with Gasteiger partial charge in [-0.15, -0.1) is 11.3 Å². The molecular formula is C12H9BrO2S. The molecule has 82 valence electrons. The van der Waals surface area contributed by atoms with Gasteiger partial charge >= 0.3 is 5.97 Å². The normalized spacial score (nSPS) is 10.1. The summed E-state index contributed by atoms with van der Waals surface area (Å²) < 4.78 is 5.51. The maximum absolute atomic E-state index is 11.4. The number of thiophene rings is 1. The van der Waals surface area contributed by atoms with Crippen LogP contribution in [0.1, 0.15) is 10.4 Å². The molecule has 1 heterocycles. The van der Waals surface area contributed by atoms with Gasteiger partial charge in [0.15, 0.2) is 0 Å². The molecular weight excluding hydrogens is 288 g/mol. The van der Waals surface area contributed by atoms with Crippen molar-refractivity contribution in [1.82, 2.24) is 0 Å². The molecule has 0 bridgehead atoms. The summed E-state index contributed by atoms with van der Waals surface area (Å²) in [6.45, 7) is 0. The van der Waals surface area contributed by atoms with E-state index in [0.717, 1.165) is 14.2 Å². The molecule has 16 heavy (non-hydrogen) atoms. The van der Waals surface area contributed by atoms with E-state index in [2.05, 4.69) is 15.9 Å². The van der Waals surface area contributed by atoms with Gasteiger partial charge in [0.05, 0.1) is 16.5 Å². The Balaban J connectivity index is 2.42. The predicted molar refractivity (Wildman–Crippen MR) is 68.8 cm³/mol. The summed E-state index contributed by atoms with van der Waals surface area (Å²) in [5.74, 6) is -0.315. The number of benzene rings is 1. The standard InChI is InChI=1S/C12H9BrO2S/c1-15-12(14)9-7-10(16-11(9)13)8-5-3-2-4-6-8/h2-7H,1H3. The van der Waals surface area contributed by atoms with Crippen LogP contribution in [0.5, 0.6) is 0 Å². The van der Waals surface area contributed by atoms with Crippen LogP contribution in [0.25, 0.3) is 10.4 Å². The second-order valence-electron chi connectivity index (χ2n) is 3.16. The number of carbonyl (C=O) groups excluding carboxylic acids is 1. The summed E-state index contributed by atoms with van der Waals surface area (Å²) in [5.41, 5.74) is 1.68. The highest BCUT2D eigenvalue weighted by atomic mass is 79.9. The predicted octanol–water partition coefficient (Wildman–Crippen LogP) is 3.96. The fraction of sp³-hybridized carbons (Fsp3) is 0.0833. The third kappa shape index (κ3) is 2.18. The molecule has 4 heteroatoms. The zero-order valence-corrected chi connectivity index (χ0v) is 11.0. The number of hydrogen-bond donors (Lipinski definition) is 0. The van der Waals surface area contributed by atoms with Crippen molar-refractivity contribution in [3.05, 3.63) is 45.7 Å². The van der Waals surface area contributed by atoms with Crippen molar-refractivity contribution in [2.24, 2.45) is 0 Å². The van der Waals surface area contributed by atoms with Crippen LogP contribution in [0.2, 0.25) is 0 Å². The van der Waals surface area contributed by atoms with Gasteiger partial charge in [-0.25, -0.2) is 4.79 Å². The second kappa shape index (κ2) is 4.80. The Hall–Kier alpha value is -1.13. The summed E-state index contributed by atoms with van der Waals surface area (Å²) in [6, 6.07) is 11.8. The zero-order chi connectivity index (χ0) is 11.5. The van der Waals surface area contributed by atoms with Crippen LogP contribution in [0.4, 0.5) is 0 Å². The minimum absolute atomic E-state index is 0.315. The summed E-state index contributed by atoms with van der Waals surface area (Å²) in [7, 11) is 1.38. The summed E-state index contributed by atoms with van der Waals surface area (Å²) in [5, 5.41) is 0. The van der Waals surface area contributed by atoms with Crippen LogP contribution in [0.3, 0.4) is 0 Å². The van der Waals surface area contributed by atoms with Crippen molar-refractivity contribution in [1.29, 1.82) is 0 Å². The van der Waals surface area contributed by atoms with Gasteiger partial charge in [-0.2, -0.15) is 0 Å². The third-order valence-electron chi connectivity index (χ3n) is 2.15. The van der Waals surface area contributed by atoms with E-state index in [1.54, 1.807) is 0 Å². The van der Waals surface area contributed by atoms with Gasteiger partial charge in [-0.1, -0.05) is 30.3 Å². The highest BCUT2D eigenvalue weighted by Gasteiger charge is 2.15. The van der Waals surface area contributed by atoms with Gasteiger partial charge in [-0.3, -0.25) is 0 Å². The Morgan fingerprint density at radius 1 is 1.31 bits per heavy atom. The van der Waals surface area contributed by atoms with Crippen LogP contribution >= 0.6 is 27.3 Å². The Labute approximate surface area is 106 Å². The van der Waals surface area contributed by atoms with Crippen LogP contribution in [-0.2, 0) is 4.74 Å². The molecule has 1 aromatic carbocycles. The van der Waals surface area contributed by atoms with Crippen LogP contribution in [-0.4, -0.2) is 13.1 Å². The average molecular weight is 297 g/mol. The monoisotopic (exact) mass is 296 g/mol. The quantitative estimate of drug-likeness (QED) is 0.784. The average Bonchev–Trinajstić information content (AvgIpc) is 2.71. The van der Waals surface area contributed by atoms with E-state index in [0.29, 0.717) is 5.56 Å². The molecule has 0 amide bonds. The highest BCUT2D eigenvalue weighted by Crippen LogP contribution is 2.35. The number of rotatable bonds is 2. The van der Waals surface area contributed by atoms with E-state index in [4.69, 9.17) is 4.74 Å². The third-order valence-corrected chi connectivity index (χ3v) is 4.04. The molecule has 2 aromatic rings. The van der Waals surface area contributed by atoms with Gasteiger partial charge in [-0.05, 0) is 27.6 Å². The van der Waals surface area contributed by atoms with Crippen LogP contribution in [0, 0.1) is 0 Å². The molecule has 0 fully saturated rings. The first kappa shape index (κ1) is 11.4. The van der Waals surface area contributed by atoms with E-state index in [1.807, 2.05) is 36.4 Å². The zero-order valence-electron chi connectivity index (χ0n) is 8.57. The number of hydrogen-bond acceptors (Lipinski definition) is 3. The summed E-state index contributed by atoms with van der Waals surface area (Å²) >= 11 is 4.90. The van der Waals surface area contributed by atoms with Gasteiger partial charge < -0.3 is 4.74 Å². The second-order valence-corrected chi connectivity index (χ2v) is 5.53. The van der Waals surface area contributed by atoms with Crippen molar-refractivity contribution in [2.45, 2.75) is 0 Å². The van der Waals surface area contributed by atoms with Gasteiger partial charge in [0.25, 0.3) is 0 Å². The smallest absolute Gasteiger partial charge is 0.339 e. The Kier molecular flexibility index (Phi) is 3.41. The summed E-state index contributed by atoms with van der Waals surface area (Å²) in [4.78, 5) is 12.5. The van der Waals surface area contributed by atoms with Crippen LogP contribution in [0.15, 0.2) is 40.2 Å². The lowest BCUT2D eigenvalue weighted by molar-refractivity contribution is 0.0600. The maximum atomic E-state index is 11.4. The van der Waals surface area contributed by atoms with Crippen molar-refractivity contribution in [3.8, 4) is 10.4 Å². The largest absolute Gasteiger partial charge is 0.465 e. The number of halogens is 1. The first-order valence-electron chi connectivity index (χ1n) is 4.65. The fourth-order valence-electron chi connectivity index (χ4n) is 1.36. The first-order chi connectivity index (χ1) is 7.72. The number of ether oxygens (including phenoxy) is 1. The molecule has 0 N–H and O–H groups in total. The molecule has 0 atom stereocenters. The van der Waals surface area contributed by atoms with Crippen molar-refractivity contribution >= 4 is 33.2 Å². The summed E-state index contributed by atoms with van der Waals surface area (Å²) in [6.07, 6.45) is 0. The fourth-order valence-corrected chi connectivity index (χ4v) is 3.04. The molecule has 0 saturated carbocycles. The van der Waals surface area contributed by atoms with Crippen LogP contribution < -0.4 is 0 Å². The van der Waals surface area contributed by atoms with Crippen molar-refractivity contribution in [2.75, 3.05) is 7.11 Å². The number of carbonyl (C=O) groups is 1. The molecule has 0 aliphatic heterocycles. The van der Waals surface area contributed by atoms with E-state index < -0.39 is 0 Å². The van der Waals surface area contributed by atoms with E-state index >= 15 is 0 Å². The minimum Gasteiger partial charge on any atom is -0.465 e. The lowest BCUT2D eigenvalue weighted by Crippen LogP contribution is -1.99. The molecule has 1 aromatic heterocycles. The number of esters is 1. The van der Waals surface area contributed by atoms with E-state index in [-0.39, 0.29) is 5.97 Å². The topological polar surface area (TPSA) is 26.3 Å². The molecule has 0 unspecified atom stereocenters. The van der Waals surface area contributed by atoms with Gasteiger partial charge in [0.2, 0.25) is 0 Å². The van der Waals surface area contributed by atoms with Crippen molar-refractivity contribution < 1.29 is 9.53 Å². The minimum atomic E-state index is -0.315. The lowest BCUT2D eigenvalue weighted by Gasteiger charge is -1.95. The lowest BCUT2D eigenvalue weighted by atomic mass is 10.2. The molecule has 2 nitrogen and oxygen atoms in total. The van der Waals surface area contributed by atoms with E-state index in [1.165, 1.54) is 18.4 Å². The van der Waals surface area contributed by atoms with E-state index in [9.17, 15) is 4.79 Å². The highest BCUT2D eigenvalue weighted by molar-refractivity contribution is 9.11. The SMILES string of the molecule is COC(=O)c1cc(-c2ccccc2)sc1Br. The molecule has 0 aliphatic rings. The number of methoxy groups -OCH3 is 1. The Bertz CT molecular complexity index is 505. The Morgan fingerprint density at radius 3 is 2.62 bits per heavy atom. The maximum Gasteiger partial charge on any atom is 0.339 e. The van der Waals surface area contributed by atoms with Gasteiger partial charge in [0, 0.05) is 4.88 Å².